The quantitative estimate of drug-likeness (QED) is 0.665. The van der Waals surface area contributed by atoms with Gasteiger partial charge in [-0.1, -0.05) is 13.0 Å². The van der Waals surface area contributed by atoms with Crippen LogP contribution < -0.4 is 11.2 Å². The first-order valence-corrected chi connectivity index (χ1v) is 10.8. The molecular formula is C22H25N3O3S. The highest BCUT2D eigenvalue weighted by atomic mass is 32.1. The van der Waals surface area contributed by atoms with Gasteiger partial charge in [0.15, 0.2) is 0 Å². The molecule has 0 atom stereocenters. The van der Waals surface area contributed by atoms with Crippen molar-refractivity contribution in [2.45, 2.75) is 40.2 Å². The van der Waals surface area contributed by atoms with Gasteiger partial charge in [-0.2, -0.15) is 0 Å². The number of aryl methyl sites for hydroxylation is 2. The fraction of sp³-hybridized carbons (Fsp3) is 0.409. The molecule has 4 rings (SSSR count). The molecule has 0 saturated carbocycles. The van der Waals surface area contributed by atoms with E-state index in [9.17, 15) is 14.4 Å². The Hall–Kier alpha value is -2.67. The topological polar surface area (TPSA) is 64.3 Å². The molecule has 7 heteroatoms. The summed E-state index contributed by atoms with van der Waals surface area (Å²) in [6.07, 6.45) is 1.97. The van der Waals surface area contributed by atoms with E-state index in [1.807, 2.05) is 30.9 Å². The SMILES string of the molecule is Cc1ccc(-n2c(=O)c3sccc3n(CC(=O)N3CCC(C)CC3)c2=O)cc1C. The molecule has 29 heavy (non-hydrogen) atoms. The van der Waals surface area contributed by atoms with E-state index in [4.69, 9.17) is 0 Å². The summed E-state index contributed by atoms with van der Waals surface area (Å²) in [5.41, 5.74) is 2.36. The summed E-state index contributed by atoms with van der Waals surface area (Å²) < 4.78 is 3.13. The minimum atomic E-state index is -0.470. The van der Waals surface area contributed by atoms with E-state index in [1.54, 1.807) is 17.5 Å². The van der Waals surface area contributed by atoms with Crippen molar-refractivity contribution in [3.63, 3.8) is 0 Å². The molecule has 1 fully saturated rings. The zero-order chi connectivity index (χ0) is 20.7. The monoisotopic (exact) mass is 411 g/mol. The molecule has 1 amide bonds. The lowest BCUT2D eigenvalue weighted by Gasteiger charge is -2.30. The number of amides is 1. The number of likely N-dealkylation sites (tertiary alicyclic amines) is 1. The number of fused-ring (bicyclic) bond motifs is 1. The Morgan fingerprint density at radius 2 is 1.83 bits per heavy atom. The van der Waals surface area contributed by atoms with E-state index in [2.05, 4.69) is 6.92 Å². The fourth-order valence-electron chi connectivity index (χ4n) is 3.83. The molecular weight excluding hydrogens is 386 g/mol. The molecule has 0 bridgehead atoms. The van der Waals surface area contributed by atoms with Crippen molar-refractivity contribution in [1.29, 1.82) is 0 Å². The van der Waals surface area contributed by atoms with Crippen LogP contribution in [-0.2, 0) is 11.3 Å². The van der Waals surface area contributed by atoms with E-state index in [1.165, 1.54) is 20.5 Å². The summed E-state index contributed by atoms with van der Waals surface area (Å²) in [7, 11) is 0. The third-order valence-electron chi connectivity index (χ3n) is 5.93. The Morgan fingerprint density at radius 1 is 1.10 bits per heavy atom. The fourth-order valence-corrected chi connectivity index (χ4v) is 4.65. The second-order valence-electron chi connectivity index (χ2n) is 7.98. The van der Waals surface area contributed by atoms with Gasteiger partial charge in [0.2, 0.25) is 5.91 Å². The summed E-state index contributed by atoms with van der Waals surface area (Å²) in [4.78, 5) is 41.1. The maximum atomic E-state index is 13.3. The van der Waals surface area contributed by atoms with Crippen LogP contribution in [0.1, 0.15) is 30.9 Å². The average Bonchev–Trinajstić information content (AvgIpc) is 3.18. The van der Waals surface area contributed by atoms with E-state index in [0.717, 1.165) is 37.1 Å². The number of rotatable bonds is 3. The number of hydrogen-bond acceptors (Lipinski definition) is 4. The van der Waals surface area contributed by atoms with Crippen LogP contribution in [0.4, 0.5) is 0 Å². The number of carbonyl (C=O) groups excluding carboxylic acids is 1. The van der Waals surface area contributed by atoms with Crippen LogP contribution in [0, 0.1) is 19.8 Å². The number of aromatic nitrogens is 2. The summed E-state index contributed by atoms with van der Waals surface area (Å²) in [5, 5.41) is 1.79. The third kappa shape index (κ3) is 3.55. The Morgan fingerprint density at radius 3 is 2.52 bits per heavy atom. The highest BCUT2D eigenvalue weighted by Crippen LogP contribution is 2.19. The van der Waals surface area contributed by atoms with E-state index < -0.39 is 5.69 Å². The van der Waals surface area contributed by atoms with Gasteiger partial charge < -0.3 is 4.90 Å². The van der Waals surface area contributed by atoms with Gasteiger partial charge in [-0.15, -0.1) is 11.3 Å². The van der Waals surface area contributed by atoms with Gasteiger partial charge in [0.1, 0.15) is 11.2 Å². The number of thiophene rings is 1. The maximum Gasteiger partial charge on any atom is 0.336 e. The summed E-state index contributed by atoms with van der Waals surface area (Å²) in [6, 6.07) is 7.27. The molecule has 1 aliphatic heterocycles. The van der Waals surface area contributed by atoms with Crippen LogP contribution >= 0.6 is 11.3 Å². The first-order chi connectivity index (χ1) is 13.9. The maximum absolute atomic E-state index is 13.3. The first kappa shape index (κ1) is 19.6. The van der Waals surface area contributed by atoms with Crippen molar-refractivity contribution in [3.8, 4) is 5.69 Å². The van der Waals surface area contributed by atoms with Crippen LogP contribution in [0.3, 0.4) is 0 Å². The number of carbonyl (C=O) groups is 1. The molecule has 0 radical (unpaired) electrons. The lowest BCUT2D eigenvalue weighted by molar-refractivity contribution is -0.133. The third-order valence-corrected chi connectivity index (χ3v) is 6.82. The summed E-state index contributed by atoms with van der Waals surface area (Å²) >= 11 is 1.30. The van der Waals surface area contributed by atoms with Crippen molar-refractivity contribution in [2.24, 2.45) is 5.92 Å². The van der Waals surface area contributed by atoms with Gasteiger partial charge in [0.25, 0.3) is 5.56 Å². The predicted molar refractivity (Wildman–Crippen MR) is 116 cm³/mol. The zero-order valence-corrected chi connectivity index (χ0v) is 17.8. The van der Waals surface area contributed by atoms with Crippen LogP contribution in [0.5, 0.6) is 0 Å². The predicted octanol–water partition coefficient (Wildman–Crippen LogP) is 3.09. The number of nitrogens with zero attached hydrogens (tertiary/aromatic N) is 3. The Balaban J connectivity index is 1.81. The van der Waals surface area contributed by atoms with Gasteiger partial charge in [0.05, 0.1) is 11.2 Å². The molecule has 0 N–H and O–H groups in total. The zero-order valence-electron chi connectivity index (χ0n) is 17.0. The van der Waals surface area contributed by atoms with Crippen molar-refractivity contribution in [3.05, 3.63) is 61.6 Å². The van der Waals surface area contributed by atoms with Gasteiger partial charge in [0, 0.05) is 13.1 Å². The molecule has 152 valence electrons. The second-order valence-corrected chi connectivity index (χ2v) is 8.89. The lowest BCUT2D eigenvalue weighted by Crippen LogP contribution is -2.44. The Bertz CT molecular complexity index is 1200. The molecule has 3 aromatic rings. The van der Waals surface area contributed by atoms with Crippen LogP contribution in [0.25, 0.3) is 15.9 Å². The van der Waals surface area contributed by atoms with Gasteiger partial charge >= 0.3 is 5.69 Å². The minimum absolute atomic E-state index is 0.0500. The molecule has 6 nitrogen and oxygen atoms in total. The number of piperidine rings is 1. The normalized spacial score (nSPS) is 15.2. The van der Waals surface area contributed by atoms with Gasteiger partial charge in [-0.3, -0.25) is 14.2 Å². The molecule has 0 unspecified atom stereocenters. The van der Waals surface area contributed by atoms with Crippen molar-refractivity contribution < 1.29 is 4.79 Å². The highest BCUT2D eigenvalue weighted by Gasteiger charge is 2.23. The van der Waals surface area contributed by atoms with Crippen molar-refractivity contribution >= 4 is 27.5 Å². The molecule has 2 aromatic heterocycles. The molecule has 1 aromatic carbocycles. The molecule has 0 spiro atoms. The smallest absolute Gasteiger partial charge is 0.336 e. The molecule has 3 heterocycles. The van der Waals surface area contributed by atoms with Crippen LogP contribution in [0.2, 0.25) is 0 Å². The van der Waals surface area contributed by atoms with E-state index in [-0.39, 0.29) is 18.0 Å². The number of hydrogen-bond donors (Lipinski definition) is 0. The van der Waals surface area contributed by atoms with Crippen molar-refractivity contribution in [2.75, 3.05) is 13.1 Å². The molecule has 1 saturated heterocycles. The Kier molecular flexibility index (Phi) is 5.17. The Labute approximate surface area is 173 Å². The van der Waals surface area contributed by atoms with Gasteiger partial charge in [-0.25, -0.2) is 9.36 Å². The van der Waals surface area contributed by atoms with Crippen molar-refractivity contribution in [1.82, 2.24) is 14.0 Å². The first-order valence-electron chi connectivity index (χ1n) is 9.95. The van der Waals surface area contributed by atoms with Crippen LogP contribution in [0.15, 0.2) is 39.2 Å². The second kappa shape index (κ2) is 7.63. The summed E-state index contributed by atoms with van der Waals surface area (Å²) in [5.74, 6) is 0.550. The van der Waals surface area contributed by atoms with Gasteiger partial charge in [-0.05, 0) is 67.3 Å². The lowest BCUT2D eigenvalue weighted by atomic mass is 9.99. The van der Waals surface area contributed by atoms with E-state index >= 15 is 0 Å². The standard InChI is InChI=1S/C22H25N3O3S/c1-14-6-9-23(10-7-14)19(26)13-24-18-8-11-29-20(18)21(27)25(22(24)28)17-5-4-15(2)16(3)12-17/h4-5,8,11-12,14H,6-7,9-10,13H2,1-3H3. The molecule has 0 aliphatic carbocycles. The largest absolute Gasteiger partial charge is 0.341 e. The minimum Gasteiger partial charge on any atom is -0.341 e. The van der Waals surface area contributed by atoms with E-state index in [0.29, 0.717) is 21.8 Å². The summed E-state index contributed by atoms with van der Waals surface area (Å²) in [6.45, 7) is 7.52. The highest BCUT2D eigenvalue weighted by molar-refractivity contribution is 7.17. The molecule has 1 aliphatic rings. The number of benzene rings is 1. The average molecular weight is 412 g/mol. The van der Waals surface area contributed by atoms with Crippen LogP contribution in [-0.4, -0.2) is 33.0 Å².